The fourth-order valence-electron chi connectivity index (χ4n) is 1.41. The fourth-order valence-corrected chi connectivity index (χ4v) is 1.55. The summed E-state index contributed by atoms with van der Waals surface area (Å²) < 4.78 is 0. The summed E-state index contributed by atoms with van der Waals surface area (Å²) in [6, 6.07) is 5.71. The third-order valence-electron chi connectivity index (χ3n) is 2.27. The number of rotatable bonds is 5. The molecule has 17 heavy (non-hydrogen) atoms. The van der Waals surface area contributed by atoms with E-state index in [0.717, 1.165) is 5.56 Å². The molecule has 0 aliphatic carbocycles. The molecule has 1 heterocycles. The van der Waals surface area contributed by atoms with Crippen LogP contribution >= 0.6 is 11.6 Å². The van der Waals surface area contributed by atoms with Gasteiger partial charge in [0.2, 0.25) is 5.91 Å². The van der Waals surface area contributed by atoms with Crippen LogP contribution in [0.15, 0.2) is 24.5 Å². The van der Waals surface area contributed by atoms with Crippen LogP contribution in [0.5, 0.6) is 0 Å². The van der Waals surface area contributed by atoms with Crippen LogP contribution in [0.3, 0.4) is 0 Å². The number of alkyl halides is 1. The monoisotopic (exact) mass is 251 g/mol. The van der Waals surface area contributed by atoms with E-state index >= 15 is 0 Å². The molecule has 1 aromatic heterocycles. The third kappa shape index (κ3) is 4.41. The Morgan fingerprint density at radius 2 is 2.24 bits per heavy atom. The van der Waals surface area contributed by atoms with E-state index in [-0.39, 0.29) is 5.91 Å². The van der Waals surface area contributed by atoms with Crippen LogP contribution < -0.4 is 0 Å². The van der Waals surface area contributed by atoms with Gasteiger partial charge in [-0.1, -0.05) is 0 Å². The second-order valence-electron chi connectivity index (χ2n) is 3.64. The number of hydrogen-bond acceptors (Lipinski definition) is 3. The predicted molar refractivity (Wildman–Crippen MR) is 65.2 cm³/mol. The molecule has 0 aromatic carbocycles. The molecular weight excluding hydrogens is 238 g/mol. The van der Waals surface area contributed by atoms with Crippen molar-refractivity contribution in [3.05, 3.63) is 30.1 Å². The fraction of sp³-hybridized carbons (Fsp3) is 0.417. The number of nitriles is 1. The predicted octanol–water partition coefficient (Wildman–Crippen LogP) is 1.95. The summed E-state index contributed by atoms with van der Waals surface area (Å²) in [5.41, 5.74) is 0.976. The lowest BCUT2D eigenvalue weighted by molar-refractivity contribution is -0.131. The normalized spacial score (nSPS) is 11.6. The lowest BCUT2D eigenvalue weighted by Gasteiger charge is -2.22. The first-order valence-electron chi connectivity index (χ1n) is 5.34. The average Bonchev–Trinajstić information content (AvgIpc) is 2.34. The van der Waals surface area contributed by atoms with Crippen LogP contribution in [0.4, 0.5) is 0 Å². The summed E-state index contributed by atoms with van der Waals surface area (Å²) in [5, 5.41) is 8.00. The third-order valence-corrected chi connectivity index (χ3v) is 2.45. The zero-order valence-electron chi connectivity index (χ0n) is 9.64. The van der Waals surface area contributed by atoms with Crippen molar-refractivity contribution in [3.8, 4) is 6.07 Å². The average molecular weight is 252 g/mol. The largest absolute Gasteiger partial charge is 0.336 e. The maximum atomic E-state index is 11.8. The molecule has 0 aliphatic rings. The maximum absolute atomic E-state index is 11.8. The molecule has 0 N–H and O–H groups in total. The first-order chi connectivity index (χ1) is 8.15. The Kier molecular flexibility index (Phi) is 5.44. The second kappa shape index (κ2) is 6.87. The molecule has 1 amide bonds. The number of carbonyl (C=O) groups excluding carboxylic acids is 1. The van der Waals surface area contributed by atoms with Crippen molar-refractivity contribution >= 4 is 17.5 Å². The number of pyridine rings is 1. The number of amides is 1. The smallest absolute Gasteiger partial charge is 0.240 e. The highest BCUT2D eigenvalue weighted by atomic mass is 35.5. The van der Waals surface area contributed by atoms with Gasteiger partial charge in [0, 0.05) is 25.5 Å². The van der Waals surface area contributed by atoms with Crippen molar-refractivity contribution in [3.63, 3.8) is 0 Å². The highest BCUT2D eigenvalue weighted by molar-refractivity contribution is 6.30. The molecular formula is C12H14ClN3O. The van der Waals surface area contributed by atoms with Gasteiger partial charge in [-0.25, -0.2) is 0 Å². The van der Waals surface area contributed by atoms with Crippen molar-refractivity contribution in [2.45, 2.75) is 25.3 Å². The van der Waals surface area contributed by atoms with Gasteiger partial charge < -0.3 is 4.90 Å². The van der Waals surface area contributed by atoms with E-state index in [1.54, 1.807) is 24.2 Å². The van der Waals surface area contributed by atoms with E-state index in [9.17, 15) is 4.79 Å². The van der Waals surface area contributed by atoms with E-state index < -0.39 is 5.38 Å². The van der Waals surface area contributed by atoms with Crippen molar-refractivity contribution in [1.82, 2.24) is 9.88 Å². The van der Waals surface area contributed by atoms with Gasteiger partial charge in [-0.3, -0.25) is 9.78 Å². The van der Waals surface area contributed by atoms with E-state index in [4.69, 9.17) is 16.9 Å². The SMILES string of the molecule is CC(Cl)C(=O)N(CCC#N)Cc1ccncc1. The molecule has 0 spiro atoms. The highest BCUT2D eigenvalue weighted by Crippen LogP contribution is 2.08. The van der Waals surface area contributed by atoms with E-state index in [1.807, 2.05) is 18.2 Å². The molecule has 1 aromatic rings. The molecule has 90 valence electrons. The second-order valence-corrected chi connectivity index (χ2v) is 4.29. The first-order valence-corrected chi connectivity index (χ1v) is 5.77. The Morgan fingerprint density at radius 3 is 2.76 bits per heavy atom. The van der Waals surface area contributed by atoms with Gasteiger partial charge in [-0.2, -0.15) is 5.26 Å². The summed E-state index contributed by atoms with van der Waals surface area (Å²) in [6.45, 7) is 2.49. The quantitative estimate of drug-likeness (QED) is 0.752. The maximum Gasteiger partial charge on any atom is 0.240 e. The first kappa shape index (κ1) is 13.5. The molecule has 1 atom stereocenters. The van der Waals surface area contributed by atoms with Gasteiger partial charge in [0.25, 0.3) is 0 Å². The van der Waals surface area contributed by atoms with Gasteiger partial charge in [0.05, 0.1) is 12.5 Å². The minimum absolute atomic E-state index is 0.154. The van der Waals surface area contributed by atoms with Crippen molar-refractivity contribution in [2.75, 3.05) is 6.54 Å². The topological polar surface area (TPSA) is 57.0 Å². The molecule has 1 unspecified atom stereocenters. The lowest BCUT2D eigenvalue weighted by Crippen LogP contribution is -2.35. The molecule has 0 saturated carbocycles. The van der Waals surface area contributed by atoms with Crippen LogP contribution in [0.25, 0.3) is 0 Å². The number of aromatic nitrogens is 1. The summed E-state index contributed by atoms with van der Waals surface area (Å²) >= 11 is 5.78. The minimum Gasteiger partial charge on any atom is -0.336 e. The van der Waals surface area contributed by atoms with Crippen molar-refractivity contribution < 1.29 is 4.79 Å². The van der Waals surface area contributed by atoms with Gasteiger partial charge >= 0.3 is 0 Å². The zero-order valence-corrected chi connectivity index (χ0v) is 10.4. The van der Waals surface area contributed by atoms with E-state index in [2.05, 4.69) is 4.98 Å². The molecule has 1 rings (SSSR count). The van der Waals surface area contributed by atoms with Crippen LogP contribution in [-0.4, -0.2) is 27.7 Å². The standard InChI is InChI=1S/C12H14ClN3O/c1-10(13)12(17)16(8-2-5-14)9-11-3-6-15-7-4-11/h3-4,6-7,10H,2,8-9H2,1H3. The van der Waals surface area contributed by atoms with Gasteiger partial charge in [-0.15, -0.1) is 11.6 Å². The molecule has 0 bridgehead atoms. The Morgan fingerprint density at radius 1 is 1.59 bits per heavy atom. The summed E-state index contributed by atoms with van der Waals surface area (Å²) in [4.78, 5) is 17.3. The highest BCUT2D eigenvalue weighted by Gasteiger charge is 2.18. The van der Waals surface area contributed by atoms with Gasteiger partial charge in [-0.05, 0) is 24.6 Å². The lowest BCUT2D eigenvalue weighted by atomic mass is 10.2. The van der Waals surface area contributed by atoms with Gasteiger partial charge in [0.1, 0.15) is 5.38 Å². The van der Waals surface area contributed by atoms with E-state index in [0.29, 0.717) is 19.5 Å². The molecule has 5 heteroatoms. The number of nitrogens with zero attached hydrogens (tertiary/aromatic N) is 3. The Labute approximate surface area is 106 Å². The number of carbonyl (C=O) groups is 1. The zero-order chi connectivity index (χ0) is 12.7. The molecule has 0 fully saturated rings. The Bertz CT molecular complexity index is 400. The molecule has 0 radical (unpaired) electrons. The summed E-state index contributed by atoms with van der Waals surface area (Å²) in [7, 11) is 0. The van der Waals surface area contributed by atoms with Gasteiger partial charge in [0.15, 0.2) is 0 Å². The number of halogens is 1. The Balaban J connectivity index is 2.70. The van der Waals surface area contributed by atoms with Crippen LogP contribution in [0.2, 0.25) is 0 Å². The number of hydrogen-bond donors (Lipinski definition) is 0. The van der Waals surface area contributed by atoms with Crippen LogP contribution in [0.1, 0.15) is 18.9 Å². The minimum atomic E-state index is -0.574. The van der Waals surface area contributed by atoms with Crippen LogP contribution in [-0.2, 0) is 11.3 Å². The van der Waals surface area contributed by atoms with Crippen molar-refractivity contribution in [2.24, 2.45) is 0 Å². The van der Waals surface area contributed by atoms with Crippen LogP contribution in [0, 0.1) is 11.3 Å². The summed E-state index contributed by atoms with van der Waals surface area (Å²) in [6.07, 6.45) is 3.65. The molecule has 0 aliphatic heterocycles. The van der Waals surface area contributed by atoms with E-state index in [1.165, 1.54) is 0 Å². The summed E-state index contributed by atoms with van der Waals surface area (Å²) in [5.74, 6) is -0.154. The molecule has 0 saturated heterocycles. The molecule has 4 nitrogen and oxygen atoms in total. The van der Waals surface area contributed by atoms with Crippen molar-refractivity contribution in [1.29, 1.82) is 5.26 Å². The Hall–Kier alpha value is -1.60.